The first-order valence-corrected chi connectivity index (χ1v) is 5.17. The van der Waals surface area contributed by atoms with Crippen molar-refractivity contribution in [1.29, 1.82) is 0 Å². The number of nitrogens with one attached hydrogen (secondary N) is 1. The van der Waals surface area contributed by atoms with Crippen molar-refractivity contribution in [2.45, 2.75) is 6.04 Å². The zero-order valence-corrected chi connectivity index (χ0v) is 8.62. The van der Waals surface area contributed by atoms with Crippen LogP contribution in [-0.2, 0) is 0 Å². The van der Waals surface area contributed by atoms with Crippen molar-refractivity contribution in [3.05, 3.63) is 42.7 Å². The fourth-order valence-corrected chi connectivity index (χ4v) is 1.91. The van der Waals surface area contributed by atoms with Gasteiger partial charge in [0.1, 0.15) is 5.82 Å². The van der Waals surface area contributed by atoms with E-state index in [9.17, 15) is 4.39 Å². The quantitative estimate of drug-likeness (QED) is 0.742. The molecule has 3 heteroatoms. The Balaban J connectivity index is 2.23. The van der Waals surface area contributed by atoms with Gasteiger partial charge in [-0.15, -0.1) is 6.58 Å². The van der Waals surface area contributed by atoms with Gasteiger partial charge in [0.15, 0.2) is 0 Å². The Morgan fingerprint density at radius 3 is 3.13 bits per heavy atom. The second kappa shape index (κ2) is 4.45. The molecule has 15 heavy (non-hydrogen) atoms. The lowest BCUT2D eigenvalue weighted by Crippen LogP contribution is -2.50. The number of nitrogens with zero attached hydrogens (tertiary/aromatic N) is 1. The number of hydrogen-bond acceptors (Lipinski definition) is 2. The Morgan fingerprint density at radius 1 is 1.53 bits per heavy atom. The van der Waals surface area contributed by atoms with Gasteiger partial charge in [-0.2, -0.15) is 0 Å². The standard InChI is InChI=1S/C12H15FN2/c1-2-11-9-14-6-7-15(11)12-5-3-4-10(13)8-12/h2-5,8,11,14H,1,6-7,9H2/t11-/m1/s1. The number of benzene rings is 1. The fraction of sp³-hybridized carbons (Fsp3) is 0.333. The molecule has 0 aromatic heterocycles. The first-order chi connectivity index (χ1) is 7.31. The largest absolute Gasteiger partial charge is 0.362 e. The van der Waals surface area contributed by atoms with E-state index in [-0.39, 0.29) is 11.9 Å². The molecule has 2 nitrogen and oxygen atoms in total. The molecule has 1 aliphatic rings. The molecule has 1 heterocycles. The summed E-state index contributed by atoms with van der Waals surface area (Å²) >= 11 is 0. The number of halogens is 1. The van der Waals surface area contributed by atoms with Gasteiger partial charge in [-0.3, -0.25) is 0 Å². The first-order valence-electron chi connectivity index (χ1n) is 5.17. The Kier molecular flexibility index (Phi) is 3.02. The molecule has 1 aromatic carbocycles. The van der Waals surface area contributed by atoms with Gasteiger partial charge in [-0.25, -0.2) is 4.39 Å². The summed E-state index contributed by atoms with van der Waals surface area (Å²) in [5.41, 5.74) is 0.932. The molecule has 0 bridgehead atoms. The van der Waals surface area contributed by atoms with Crippen LogP contribution in [0.5, 0.6) is 0 Å². The van der Waals surface area contributed by atoms with Crippen LogP contribution in [0.25, 0.3) is 0 Å². The molecule has 0 amide bonds. The van der Waals surface area contributed by atoms with Crippen LogP contribution in [0.3, 0.4) is 0 Å². The van der Waals surface area contributed by atoms with Crippen molar-refractivity contribution in [3.63, 3.8) is 0 Å². The van der Waals surface area contributed by atoms with Crippen LogP contribution < -0.4 is 10.2 Å². The minimum atomic E-state index is -0.186. The van der Waals surface area contributed by atoms with E-state index in [1.807, 2.05) is 12.1 Å². The molecule has 1 aliphatic heterocycles. The Morgan fingerprint density at radius 2 is 2.40 bits per heavy atom. The molecular formula is C12H15FN2. The summed E-state index contributed by atoms with van der Waals surface area (Å²) < 4.78 is 13.1. The van der Waals surface area contributed by atoms with Gasteiger partial charge >= 0.3 is 0 Å². The van der Waals surface area contributed by atoms with Crippen LogP contribution in [0.15, 0.2) is 36.9 Å². The van der Waals surface area contributed by atoms with Gasteiger partial charge < -0.3 is 10.2 Å². The van der Waals surface area contributed by atoms with Crippen LogP contribution >= 0.6 is 0 Å². The first kappa shape index (κ1) is 10.2. The number of piperazine rings is 1. The number of anilines is 1. The van der Waals surface area contributed by atoms with Crippen LogP contribution in [0, 0.1) is 5.82 Å². The van der Waals surface area contributed by atoms with E-state index >= 15 is 0 Å². The minimum absolute atomic E-state index is 0.186. The molecule has 1 aromatic rings. The van der Waals surface area contributed by atoms with Crippen LogP contribution in [0.1, 0.15) is 0 Å². The molecule has 0 spiro atoms. The predicted octanol–water partition coefficient (Wildman–Crippen LogP) is 1.79. The Bertz CT molecular complexity index is 351. The van der Waals surface area contributed by atoms with Crippen molar-refractivity contribution < 1.29 is 4.39 Å². The number of hydrogen-bond donors (Lipinski definition) is 1. The molecule has 1 fully saturated rings. The Hall–Kier alpha value is -1.35. The highest BCUT2D eigenvalue weighted by molar-refractivity contribution is 5.49. The van der Waals surface area contributed by atoms with Gasteiger partial charge in [0.2, 0.25) is 0 Å². The fourth-order valence-electron chi connectivity index (χ4n) is 1.91. The third-order valence-electron chi connectivity index (χ3n) is 2.70. The van der Waals surface area contributed by atoms with E-state index in [1.54, 1.807) is 12.1 Å². The van der Waals surface area contributed by atoms with Gasteiger partial charge in [0.05, 0.1) is 6.04 Å². The summed E-state index contributed by atoms with van der Waals surface area (Å²) in [5, 5.41) is 3.29. The topological polar surface area (TPSA) is 15.3 Å². The molecule has 0 aliphatic carbocycles. The lowest BCUT2D eigenvalue weighted by atomic mass is 10.1. The lowest BCUT2D eigenvalue weighted by molar-refractivity contribution is 0.528. The maximum absolute atomic E-state index is 13.1. The molecular weight excluding hydrogens is 191 g/mol. The second-order valence-electron chi connectivity index (χ2n) is 3.68. The van der Waals surface area contributed by atoms with Gasteiger partial charge in [0, 0.05) is 25.3 Å². The number of rotatable bonds is 2. The van der Waals surface area contributed by atoms with Crippen molar-refractivity contribution in [1.82, 2.24) is 5.32 Å². The highest BCUT2D eigenvalue weighted by atomic mass is 19.1. The lowest BCUT2D eigenvalue weighted by Gasteiger charge is -2.36. The highest BCUT2D eigenvalue weighted by Crippen LogP contribution is 2.19. The van der Waals surface area contributed by atoms with E-state index in [2.05, 4.69) is 16.8 Å². The average Bonchev–Trinajstić information content (AvgIpc) is 2.29. The maximum atomic E-state index is 13.1. The smallest absolute Gasteiger partial charge is 0.125 e. The average molecular weight is 206 g/mol. The molecule has 1 N–H and O–H groups in total. The summed E-state index contributed by atoms with van der Waals surface area (Å²) in [6, 6.07) is 6.97. The van der Waals surface area contributed by atoms with Gasteiger partial charge in [0.25, 0.3) is 0 Å². The maximum Gasteiger partial charge on any atom is 0.125 e. The second-order valence-corrected chi connectivity index (χ2v) is 3.68. The summed E-state index contributed by atoms with van der Waals surface area (Å²) in [7, 11) is 0. The summed E-state index contributed by atoms with van der Waals surface area (Å²) in [6.45, 7) is 6.50. The molecule has 0 radical (unpaired) electrons. The zero-order chi connectivity index (χ0) is 10.7. The summed E-state index contributed by atoms with van der Waals surface area (Å²) in [4.78, 5) is 2.17. The molecule has 1 saturated heterocycles. The van der Waals surface area contributed by atoms with Gasteiger partial charge in [-0.1, -0.05) is 12.1 Å². The van der Waals surface area contributed by atoms with E-state index < -0.39 is 0 Å². The zero-order valence-electron chi connectivity index (χ0n) is 8.62. The highest BCUT2D eigenvalue weighted by Gasteiger charge is 2.19. The van der Waals surface area contributed by atoms with Crippen molar-refractivity contribution in [3.8, 4) is 0 Å². The van der Waals surface area contributed by atoms with E-state index in [4.69, 9.17) is 0 Å². The van der Waals surface area contributed by atoms with E-state index in [1.165, 1.54) is 6.07 Å². The summed E-state index contributed by atoms with van der Waals surface area (Å²) in [6.07, 6.45) is 1.90. The molecule has 1 atom stereocenters. The Labute approximate surface area is 89.4 Å². The van der Waals surface area contributed by atoms with Gasteiger partial charge in [-0.05, 0) is 18.2 Å². The molecule has 2 rings (SSSR count). The van der Waals surface area contributed by atoms with Crippen molar-refractivity contribution in [2.75, 3.05) is 24.5 Å². The van der Waals surface area contributed by atoms with Crippen molar-refractivity contribution in [2.24, 2.45) is 0 Å². The third-order valence-corrected chi connectivity index (χ3v) is 2.70. The van der Waals surface area contributed by atoms with E-state index in [0.29, 0.717) is 0 Å². The van der Waals surface area contributed by atoms with E-state index in [0.717, 1.165) is 25.3 Å². The van der Waals surface area contributed by atoms with Crippen molar-refractivity contribution >= 4 is 5.69 Å². The van der Waals surface area contributed by atoms with Crippen LogP contribution in [0.2, 0.25) is 0 Å². The predicted molar refractivity (Wildman–Crippen MR) is 60.6 cm³/mol. The van der Waals surface area contributed by atoms with Crippen LogP contribution in [-0.4, -0.2) is 25.7 Å². The monoisotopic (exact) mass is 206 g/mol. The third kappa shape index (κ3) is 2.18. The molecule has 80 valence electrons. The molecule has 0 saturated carbocycles. The summed E-state index contributed by atoms with van der Waals surface area (Å²) in [5.74, 6) is -0.186. The molecule has 0 unspecified atom stereocenters. The van der Waals surface area contributed by atoms with Crippen LogP contribution in [0.4, 0.5) is 10.1 Å². The SMILES string of the molecule is C=C[C@@H]1CNCCN1c1cccc(F)c1. The minimum Gasteiger partial charge on any atom is -0.362 e. The normalized spacial score (nSPS) is 21.4.